The lowest BCUT2D eigenvalue weighted by Crippen LogP contribution is -2.35. The lowest BCUT2D eigenvalue weighted by molar-refractivity contribution is 0.0740. The van der Waals surface area contributed by atoms with Crippen molar-refractivity contribution in [3.63, 3.8) is 0 Å². The van der Waals surface area contributed by atoms with Crippen LogP contribution in [0.15, 0.2) is 22.7 Å². The standard InChI is InChI=1S/C14H18BrN3O/c1-10(2)9-18(5-3-4-16)14(19)11-6-12(15)8-13(17)7-11/h6-8,10H,3,5,9,17H2,1-2H3. The molecule has 0 aliphatic rings. The molecular weight excluding hydrogens is 306 g/mol. The van der Waals surface area contributed by atoms with Crippen molar-refractivity contribution in [3.05, 3.63) is 28.2 Å². The van der Waals surface area contributed by atoms with Crippen LogP contribution in [0.2, 0.25) is 0 Å². The van der Waals surface area contributed by atoms with Gasteiger partial charge in [-0.1, -0.05) is 29.8 Å². The molecule has 0 spiro atoms. The Kier molecular flexibility index (Phi) is 5.84. The summed E-state index contributed by atoms with van der Waals surface area (Å²) in [7, 11) is 0. The van der Waals surface area contributed by atoms with Crippen molar-refractivity contribution in [2.24, 2.45) is 5.92 Å². The van der Waals surface area contributed by atoms with Gasteiger partial charge in [0.05, 0.1) is 12.5 Å². The first-order valence-electron chi connectivity index (χ1n) is 6.16. The van der Waals surface area contributed by atoms with Crippen molar-refractivity contribution in [1.82, 2.24) is 4.90 Å². The Balaban J connectivity index is 2.94. The Bertz CT molecular complexity index is 474. The third-order valence-corrected chi connectivity index (χ3v) is 2.99. The molecule has 2 N–H and O–H groups in total. The number of hydrogen-bond acceptors (Lipinski definition) is 3. The number of benzene rings is 1. The van der Waals surface area contributed by atoms with E-state index in [1.807, 2.05) is 13.8 Å². The zero-order chi connectivity index (χ0) is 14.4. The third kappa shape index (κ3) is 4.92. The molecule has 1 rings (SSSR count). The van der Waals surface area contributed by atoms with E-state index in [2.05, 4.69) is 22.0 Å². The first-order chi connectivity index (χ1) is 8.93. The van der Waals surface area contributed by atoms with Crippen LogP contribution in [0.3, 0.4) is 0 Å². The molecule has 0 aromatic heterocycles. The Hall–Kier alpha value is -1.54. The number of halogens is 1. The number of nitrogen functional groups attached to an aromatic ring is 1. The second kappa shape index (κ2) is 7.15. The highest BCUT2D eigenvalue weighted by atomic mass is 79.9. The third-order valence-electron chi connectivity index (χ3n) is 2.53. The van der Waals surface area contributed by atoms with Crippen LogP contribution in [-0.2, 0) is 0 Å². The molecule has 19 heavy (non-hydrogen) atoms. The lowest BCUT2D eigenvalue weighted by Gasteiger charge is -2.24. The van der Waals surface area contributed by atoms with Crippen LogP contribution in [0, 0.1) is 17.2 Å². The molecule has 5 heteroatoms. The highest BCUT2D eigenvalue weighted by molar-refractivity contribution is 9.10. The van der Waals surface area contributed by atoms with E-state index in [9.17, 15) is 4.79 Å². The van der Waals surface area contributed by atoms with E-state index in [4.69, 9.17) is 11.0 Å². The molecule has 0 atom stereocenters. The van der Waals surface area contributed by atoms with Crippen molar-refractivity contribution in [3.8, 4) is 6.07 Å². The van der Waals surface area contributed by atoms with Crippen LogP contribution >= 0.6 is 15.9 Å². The molecule has 0 saturated heterocycles. The molecule has 0 heterocycles. The van der Waals surface area contributed by atoms with Crippen molar-refractivity contribution in [1.29, 1.82) is 5.26 Å². The number of amides is 1. The summed E-state index contributed by atoms with van der Waals surface area (Å²) in [4.78, 5) is 14.1. The minimum Gasteiger partial charge on any atom is -0.399 e. The minimum atomic E-state index is -0.0862. The Morgan fingerprint density at radius 3 is 2.68 bits per heavy atom. The number of nitrogens with zero attached hydrogens (tertiary/aromatic N) is 2. The molecule has 1 aromatic carbocycles. The highest BCUT2D eigenvalue weighted by Gasteiger charge is 2.17. The van der Waals surface area contributed by atoms with E-state index in [-0.39, 0.29) is 5.91 Å². The first-order valence-corrected chi connectivity index (χ1v) is 6.95. The van der Waals surface area contributed by atoms with Gasteiger partial charge in [-0.2, -0.15) is 5.26 Å². The van der Waals surface area contributed by atoms with E-state index in [1.54, 1.807) is 23.1 Å². The predicted octanol–water partition coefficient (Wildman–Crippen LogP) is 3.04. The fraction of sp³-hybridized carbons (Fsp3) is 0.429. The lowest BCUT2D eigenvalue weighted by atomic mass is 10.1. The maximum Gasteiger partial charge on any atom is 0.254 e. The van der Waals surface area contributed by atoms with Gasteiger partial charge in [-0.25, -0.2) is 0 Å². The van der Waals surface area contributed by atoms with Crippen molar-refractivity contribution in [2.45, 2.75) is 20.3 Å². The van der Waals surface area contributed by atoms with Gasteiger partial charge in [-0.15, -0.1) is 0 Å². The molecule has 0 aliphatic carbocycles. The van der Waals surface area contributed by atoms with Gasteiger partial charge >= 0.3 is 0 Å². The van der Waals surface area contributed by atoms with Crippen molar-refractivity contribution >= 4 is 27.5 Å². The zero-order valence-corrected chi connectivity index (χ0v) is 12.8. The summed E-state index contributed by atoms with van der Waals surface area (Å²) in [5.41, 5.74) is 6.84. The van der Waals surface area contributed by atoms with Gasteiger partial charge in [-0.05, 0) is 24.1 Å². The molecule has 1 amide bonds. The smallest absolute Gasteiger partial charge is 0.254 e. The number of carbonyl (C=O) groups is 1. The Morgan fingerprint density at radius 1 is 1.47 bits per heavy atom. The van der Waals surface area contributed by atoms with Gasteiger partial charge < -0.3 is 10.6 Å². The first kappa shape index (κ1) is 15.5. The van der Waals surface area contributed by atoms with E-state index in [0.717, 1.165) is 4.47 Å². The van der Waals surface area contributed by atoms with E-state index < -0.39 is 0 Å². The summed E-state index contributed by atoms with van der Waals surface area (Å²) in [6.07, 6.45) is 0.335. The molecule has 0 aliphatic heterocycles. The SMILES string of the molecule is CC(C)CN(CCC#N)C(=O)c1cc(N)cc(Br)c1. The molecular formula is C14H18BrN3O. The summed E-state index contributed by atoms with van der Waals surface area (Å²) in [6, 6.07) is 7.23. The fourth-order valence-corrected chi connectivity index (χ4v) is 2.33. The molecule has 0 radical (unpaired) electrons. The van der Waals surface area contributed by atoms with Crippen molar-refractivity contribution in [2.75, 3.05) is 18.8 Å². The zero-order valence-electron chi connectivity index (χ0n) is 11.2. The van der Waals surface area contributed by atoms with E-state index >= 15 is 0 Å². The van der Waals surface area contributed by atoms with Crippen LogP contribution in [0.4, 0.5) is 5.69 Å². The summed E-state index contributed by atoms with van der Waals surface area (Å²) in [5, 5.41) is 8.67. The monoisotopic (exact) mass is 323 g/mol. The molecule has 0 unspecified atom stereocenters. The van der Waals surface area contributed by atoms with Crippen molar-refractivity contribution < 1.29 is 4.79 Å². The molecule has 0 bridgehead atoms. The molecule has 102 valence electrons. The summed E-state index contributed by atoms with van der Waals surface area (Å²) in [6.45, 7) is 5.16. The van der Waals surface area contributed by atoms with Gasteiger partial charge in [0.15, 0.2) is 0 Å². The molecule has 0 saturated carbocycles. The van der Waals surface area contributed by atoms with Crippen LogP contribution in [0.1, 0.15) is 30.6 Å². The second-order valence-corrected chi connectivity index (χ2v) is 5.74. The topological polar surface area (TPSA) is 70.1 Å². The van der Waals surface area contributed by atoms with Gasteiger partial charge in [-0.3, -0.25) is 4.79 Å². The number of anilines is 1. The normalized spacial score (nSPS) is 10.3. The summed E-state index contributed by atoms with van der Waals surface area (Å²) < 4.78 is 0.778. The average molecular weight is 324 g/mol. The largest absolute Gasteiger partial charge is 0.399 e. The Morgan fingerprint density at radius 2 is 2.16 bits per heavy atom. The molecule has 1 aromatic rings. The van der Waals surface area contributed by atoms with E-state index in [0.29, 0.717) is 36.7 Å². The van der Waals surface area contributed by atoms with E-state index in [1.165, 1.54) is 0 Å². The molecule has 4 nitrogen and oxygen atoms in total. The van der Waals surface area contributed by atoms with Gasteiger partial charge in [0.2, 0.25) is 0 Å². The molecule has 0 fully saturated rings. The maximum atomic E-state index is 12.4. The maximum absolute atomic E-state index is 12.4. The number of carbonyl (C=O) groups excluding carboxylic acids is 1. The number of nitriles is 1. The predicted molar refractivity (Wildman–Crippen MR) is 79.5 cm³/mol. The average Bonchev–Trinajstić information content (AvgIpc) is 2.32. The number of hydrogen-bond donors (Lipinski definition) is 1. The second-order valence-electron chi connectivity index (χ2n) is 4.83. The van der Waals surface area contributed by atoms with Gasteiger partial charge in [0, 0.05) is 28.8 Å². The summed E-state index contributed by atoms with van der Waals surface area (Å²) >= 11 is 3.33. The van der Waals surface area contributed by atoms with Crippen LogP contribution in [0.25, 0.3) is 0 Å². The van der Waals surface area contributed by atoms with Crippen LogP contribution in [-0.4, -0.2) is 23.9 Å². The summed E-state index contributed by atoms with van der Waals surface area (Å²) in [5.74, 6) is 0.268. The quantitative estimate of drug-likeness (QED) is 0.846. The van der Waals surface area contributed by atoms with Crippen LogP contribution < -0.4 is 5.73 Å². The highest BCUT2D eigenvalue weighted by Crippen LogP contribution is 2.19. The number of nitrogens with two attached hydrogens (primary N) is 1. The number of rotatable bonds is 5. The minimum absolute atomic E-state index is 0.0862. The van der Waals surface area contributed by atoms with Gasteiger partial charge in [0.1, 0.15) is 0 Å². The van der Waals surface area contributed by atoms with Crippen LogP contribution in [0.5, 0.6) is 0 Å². The fourth-order valence-electron chi connectivity index (χ4n) is 1.82. The van der Waals surface area contributed by atoms with Gasteiger partial charge in [0.25, 0.3) is 5.91 Å². The Labute approximate surface area is 122 Å².